The van der Waals surface area contributed by atoms with Crippen LogP contribution >= 0.6 is 0 Å². The summed E-state index contributed by atoms with van der Waals surface area (Å²) in [5.41, 5.74) is 1.22. The van der Waals surface area contributed by atoms with Gasteiger partial charge in [0.15, 0.2) is 5.79 Å². The van der Waals surface area contributed by atoms with Crippen molar-refractivity contribution in [2.75, 3.05) is 0 Å². The molecular formula is C17H24O3. The van der Waals surface area contributed by atoms with E-state index in [1.165, 1.54) is 5.56 Å². The summed E-state index contributed by atoms with van der Waals surface area (Å²) in [5.74, 6) is -0.214. The molecule has 1 aromatic rings. The molecule has 0 amide bonds. The highest BCUT2D eigenvalue weighted by Crippen LogP contribution is 2.30. The minimum atomic E-state index is -0.522. The maximum absolute atomic E-state index is 9.29. The van der Waals surface area contributed by atoms with Gasteiger partial charge in [0.1, 0.15) is 5.75 Å². The minimum Gasteiger partial charge on any atom is -0.508 e. The Morgan fingerprint density at radius 2 is 1.90 bits per heavy atom. The van der Waals surface area contributed by atoms with Crippen molar-refractivity contribution >= 4 is 0 Å². The zero-order valence-electron chi connectivity index (χ0n) is 12.3. The molecule has 0 radical (unpaired) electrons. The quantitative estimate of drug-likeness (QED) is 0.831. The number of hydrogen-bond donors (Lipinski definition) is 1. The first-order chi connectivity index (χ1) is 9.48. The molecule has 3 heteroatoms. The van der Waals surface area contributed by atoms with Gasteiger partial charge in [-0.3, -0.25) is 0 Å². The number of hydrogen-bond acceptors (Lipinski definition) is 3. The summed E-state index contributed by atoms with van der Waals surface area (Å²) in [4.78, 5) is 0. The van der Waals surface area contributed by atoms with Gasteiger partial charge in [0.05, 0.1) is 12.2 Å². The molecule has 20 heavy (non-hydrogen) atoms. The fourth-order valence-electron chi connectivity index (χ4n) is 2.72. The second kappa shape index (κ2) is 6.42. The van der Waals surface area contributed by atoms with Crippen molar-refractivity contribution in [2.24, 2.45) is 0 Å². The van der Waals surface area contributed by atoms with Crippen LogP contribution in [0.3, 0.4) is 0 Å². The van der Waals surface area contributed by atoms with Crippen molar-refractivity contribution in [3.63, 3.8) is 0 Å². The Bertz CT molecular complexity index is 436. The lowest BCUT2D eigenvalue weighted by Gasteiger charge is -2.40. The molecule has 0 spiro atoms. The Balaban J connectivity index is 1.90. The van der Waals surface area contributed by atoms with Gasteiger partial charge in [-0.2, -0.15) is 0 Å². The predicted octanol–water partition coefficient (Wildman–Crippen LogP) is 3.81. The van der Waals surface area contributed by atoms with Crippen LogP contribution in [0.5, 0.6) is 5.75 Å². The molecule has 0 aliphatic carbocycles. The first kappa shape index (κ1) is 15.1. The average molecular weight is 276 g/mol. The summed E-state index contributed by atoms with van der Waals surface area (Å²) in [7, 11) is 0. The number of aryl methyl sites for hydroxylation is 1. The summed E-state index contributed by atoms with van der Waals surface area (Å²) in [6.45, 7) is 7.72. The fourth-order valence-corrected chi connectivity index (χ4v) is 2.72. The van der Waals surface area contributed by atoms with Gasteiger partial charge in [-0.05, 0) is 50.8 Å². The van der Waals surface area contributed by atoms with Crippen LogP contribution in [0.15, 0.2) is 36.9 Å². The number of phenols is 1. The molecule has 1 N–H and O–H groups in total. The first-order valence-electron chi connectivity index (χ1n) is 7.23. The van der Waals surface area contributed by atoms with Gasteiger partial charge in [0.25, 0.3) is 0 Å². The maximum atomic E-state index is 9.29. The summed E-state index contributed by atoms with van der Waals surface area (Å²) >= 11 is 0. The van der Waals surface area contributed by atoms with Gasteiger partial charge >= 0.3 is 0 Å². The van der Waals surface area contributed by atoms with Gasteiger partial charge in [-0.15, -0.1) is 6.58 Å². The molecule has 3 nitrogen and oxygen atoms in total. The van der Waals surface area contributed by atoms with E-state index in [2.05, 4.69) is 6.58 Å². The minimum absolute atomic E-state index is 0.195. The number of phenolic OH excluding ortho intramolecular Hbond substituents is 1. The van der Waals surface area contributed by atoms with E-state index in [1.807, 2.05) is 32.1 Å². The average Bonchev–Trinajstić information content (AvgIpc) is 2.37. The van der Waals surface area contributed by atoms with E-state index in [1.54, 1.807) is 12.1 Å². The predicted molar refractivity (Wildman–Crippen MR) is 79.7 cm³/mol. The summed E-state index contributed by atoms with van der Waals surface area (Å²) in [6.07, 6.45) is 5.99. The second-order valence-electron chi connectivity index (χ2n) is 5.84. The fraction of sp³-hybridized carbons (Fsp3) is 0.529. The molecule has 1 aliphatic heterocycles. The van der Waals surface area contributed by atoms with Crippen molar-refractivity contribution in [2.45, 2.75) is 57.5 Å². The van der Waals surface area contributed by atoms with E-state index < -0.39 is 5.79 Å². The van der Waals surface area contributed by atoms with Crippen LogP contribution in [0.4, 0.5) is 0 Å². The van der Waals surface area contributed by atoms with E-state index in [0.29, 0.717) is 5.75 Å². The third-order valence-electron chi connectivity index (χ3n) is 3.55. The lowest BCUT2D eigenvalue weighted by atomic mass is 9.99. The van der Waals surface area contributed by atoms with Gasteiger partial charge in [0, 0.05) is 6.42 Å². The monoisotopic (exact) mass is 276 g/mol. The third kappa shape index (κ3) is 4.36. The van der Waals surface area contributed by atoms with Crippen molar-refractivity contribution in [3.8, 4) is 5.75 Å². The first-order valence-corrected chi connectivity index (χ1v) is 7.23. The largest absolute Gasteiger partial charge is 0.508 e. The molecule has 0 bridgehead atoms. The van der Waals surface area contributed by atoms with Gasteiger partial charge in [-0.25, -0.2) is 0 Å². The molecule has 1 fully saturated rings. The number of benzene rings is 1. The van der Waals surface area contributed by atoms with Crippen LogP contribution in [-0.2, 0) is 15.9 Å². The van der Waals surface area contributed by atoms with E-state index in [4.69, 9.17) is 9.47 Å². The van der Waals surface area contributed by atoms with E-state index in [9.17, 15) is 5.11 Å². The molecule has 2 rings (SSSR count). The Hall–Kier alpha value is -1.32. The van der Waals surface area contributed by atoms with Crippen LogP contribution in [0.1, 0.15) is 38.7 Å². The zero-order chi connectivity index (χ0) is 14.6. The van der Waals surface area contributed by atoms with E-state index >= 15 is 0 Å². The van der Waals surface area contributed by atoms with E-state index in [-0.39, 0.29) is 12.2 Å². The molecule has 0 unspecified atom stereocenters. The normalized spacial score (nSPS) is 25.3. The zero-order valence-corrected chi connectivity index (χ0v) is 12.3. The van der Waals surface area contributed by atoms with Crippen LogP contribution in [0.25, 0.3) is 0 Å². The maximum Gasteiger partial charge on any atom is 0.163 e. The van der Waals surface area contributed by atoms with Gasteiger partial charge in [0.2, 0.25) is 0 Å². The van der Waals surface area contributed by atoms with Gasteiger partial charge < -0.3 is 14.6 Å². The standard InChI is InChI=1S/C17H24O3/c1-4-5-15-12-16(20-17(2,3)19-15)11-8-13-6-9-14(18)10-7-13/h4,6-7,9-10,15-16,18H,1,5,8,11-12H2,2-3H3/t15-,16+/m1/s1. The molecule has 110 valence electrons. The van der Waals surface area contributed by atoms with Gasteiger partial charge in [-0.1, -0.05) is 18.2 Å². The lowest BCUT2D eigenvalue weighted by molar-refractivity contribution is -0.299. The number of rotatable bonds is 5. The highest BCUT2D eigenvalue weighted by Gasteiger charge is 2.34. The molecule has 1 aliphatic rings. The highest BCUT2D eigenvalue weighted by molar-refractivity contribution is 5.25. The SMILES string of the molecule is C=CC[C@@H]1C[C@H](CCc2ccc(O)cc2)OC(C)(C)O1. The van der Waals surface area contributed by atoms with Crippen molar-refractivity contribution < 1.29 is 14.6 Å². The Morgan fingerprint density at radius 1 is 1.25 bits per heavy atom. The molecular weight excluding hydrogens is 252 g/mol. The topological polar surface area (TPSA) is 38.7 Å². The van der Waals surface area contributed by atoms with E-state index in [0.717, 1.165) is 25.7 Å². The Kier molecular flexibility index (Phi) is 4.84. The smallest absolute Gasteiger partial charge is 0.163 e. The van der Waals surface area contributed by atoms with Crippen LogP contribution in [0.2, 0.25) is 0 Å². The highest BCUT2D eigenvalue weighted by atomic mass is 16.7. The van der Waals surface area contributed by atoms with Crippen LogP contribution < -0.4 is 0 Å². The van der Waals surface area contributed by atoms with Crippen molar-refractivity contribution in [1.29, 1.82) is 0 Å². The van der Waals surface area contributed by atoms with Crippen molar-refractivity contribution in [3.05, 3.63) is 42.5 Å². The summed E-state index contributed by atoms with van der Waals surface area (Å²) < 4.78 is 11.9. The van der Waals surface area contributed by atoms with Crippen LogP contribution in [0, 0.1) is 0 Å². The summed E-state index contributed by atoms with van der Waals surface area (Å²) in [5, 5.41) is 9.29. The third-order valence-corrected chi connectivity index (χ3v) is 3.55. The van der Waals surface area contributed by atoms with Crippen molar-refractivity contribution in [1.82, 2.24) is 0 Å². The summed E-state index contributed by atoms with van der Waals surface area (Å²) in [6, 6.07) is 7.37. The Labute approximate surface area is 121 Å². The number of aromatic hydroxyl groups is 1. The second-order valence-corrected chi connectivity index (χ2v) is 5.84. The molecule has 1 aromatic carbocycles. The molecule has 1 heterocycles. The lowest BCUT2D eigenvalue weighted by Crippen LogP contribution is -2.44. The molecule has 0 saturated carbocycles. The molecule has 2 atom stereocenters. The Morgan fingerprint density at radius 3 is 2.55 bits per heavy atom. The number of ether oxygens (including phenoxy) is 2. The molecule has 1 saturated heterocycles. The van der Waals surface area contributed by atoms with Crippen LogP contribution in [-0.4, -0.2) is 23.1 Å². The molecule has 0 aromatic heterocycles.